The van der Waals surface area contributed by atoms with Gasteiger partial charge in [-0.3, -0.25) is 9.79 Å². The van der Waals surface area contributed by atoms with Crippen LogP contribution in [0.2, 0.25) is 0 Å². The van der Waals surface area contributed by atoms with E-state index in [0.29, 0.717) is 19.5 Å². The number of fused-ring (bicyclic) bond motifs is 1. The molecule has 5 nitrogen and oxygen atoms in total. The molecule has 0 spiro atoms. The number of nitrogens with one attached hydrogen (secondary N) is 3. The van der Waals surface area contributed by atoms with Crippen molar-refractivity contribution < 1.29 is 4.79 Å². The van der Waals surface area contributed by atoms with Crippen molar-refractivity contribution in [3.05, 3.63) is 63.6 Å². The predicted molar refractivity (Wildman–Crippen MR) is 110 cm³/mol. The molecule has 1 unspecified atom stereocenters. The van der Waals surface area contributed by atoms with Gasteiger partial charge in [-0.2, -0.15) is 0 Å². The lowest BCUT2D eigenvalue weighted by atomic mass is 9.90. The van der Waals surface area contributed by atoms with E-state index >= 15 is 0 Å². The average Bonchev–Trinajstić information content (AvgIpc) is 2.63. The molecule has 1 heterocycles. The van der Waals surface area contributed by atoms with E-state index in [1.54, 1.807) is 7.05 Å². The Balaban J connectivity index is 1.60. The minimum absolute atomic E-state index is 0.0592. The van der Waals surface area contributed by atoms with Crippen LogP contribution < -0.4 is 16.0 Å². The van der Waals surface area contributed by atoms with Crippen LogP contribution >= 0.6 is 15.9 Å². The summed E-state index contributed by atoms with van der Waals surface area (Å²) in [5.41, 5.74) is 4.52. The number of anilines is 1. The van der Waals surface area contributed by atoms with E-state index in [9.17, 15) is 4.79 Å². The van der Waals surface area contributed by atoms with Crippen molar-refractivity contribution in [2.75, 3.05) is 18.9 Å². The van der Waals surface area contributed by atoms with Crippen LogP contribution in [0.3, 0.4) is 0 Å². The van der Waals surface area contributed by atoms with Crippen LogP contribution in [0.4, 0.5) is 5.69 Å². The molecule has 6 heteroatoms. The Bertz CT molecular complexity index is 834. The van der Waals surface area contributed by atoms with E-state index in [-0.39, 0.29) is 11.8 Å². The zero-order valence-electron chi connectivity index (χ0n) is 15.0. The van der Waals surface area contributed by atoms with Crippen molar-refractivity contribution in [2.45, 2.75) is 25.8 Å². The third-order valence-electron chi connectivity index (χ3n) is 4.60. The molecular weight excluding hydrogens is 392 g/mol. The summed E-state index contributed by atoms with van der Waals surface area (Å²) in [4.78, 5) is 16.2. The molecule has 1 aliphatic rings. The highest BCUT2D eigenvalue weighted by atomic mass is 79.9. The van der Waals surface area contributed by atoms with Gasteiger partial charge in [-0.1, -0.05) is 40.2 Å². The fourth-order valence-corrected chi connectivity index (χ4v) is 3.64. The molecule has 0 aliphatic carbocycles. The van der Waals surface area contributed by atoms with Gasteiger partial charge in [0.25, 0.3) is 0 Å². The van der Waals surface area contributed by atoms with Crippen LogP contribution in [0, 0.1) is 6.92 Å². The Morgan fingerprint density at radius 2 is 2.08 bits per heavy atom. The molecule has 1 aliphatic heterocycles. The SMILES string of the molecule is CN=C(NCc1ccc(Br)cc1C)NCC1CC(=O)Nc2ccccc21. The second kappa shape index (κ2) is 8.36. The van der Waals surface area contributed by atoms with Crippen molar-refractivity contribution >= 4 is 33.5 Å². The third kappa shape index (κ3) is 4.43. The summed E-state index contributed by atoms with van der Waals surface area (Å²) in [5, 5.41) is 9.63. The summed E-state index contributed by atoms with van der Waals surface area (Å²) in [6.45, 7) is 3.44. The molecule has 0 aromatic heterocycles. The molecule has 1 amide bonds. The Morgan fingerprint density at radius 3 is 2.85 bits per heavy atom. The van der Waals surface area contributed by atoms with Crippen LogP contribution in [0.15, 0.2) is 51.9 Å². The topological polar surface area (TPSA) is 65.5 Å². The minimum atomic E-state index is 0.0592. The number of amides is 1. The van der Waals surface area contributed by atoms with Gasteiger partial charge in [-0.25, -0.2) is 0 Å². The highest BCUT2D eigenvalue weighted by Crippen LogP contribution is 2.31. The molecule has 3 N–H and O–H groups in total. The summed E-state index contributed by atoms with van der Waals surface area (Å²) >= 11 is 3.49. The first-order chi connectivity index (χ1) is 12.6. The largest absolute Gasteiger partial charge is 0.356 e. The predicted octanol–water partition coefficient (Wildman–Crippen LogP) is 3.55. The number of guanidine groups is 1. The molecule has 26 heavy (non-hydrogen) atoms. The van der Waals surface area contributed by atoms with Gasteiger partial charge in [0.1, 0.15) is 0 Å². The number of carbonyl (C=O) groups is 1. The van der Waals surface area contributed by atoms with Crippen molar-refractivity contribution in [2.24, 2.45) is 4.99 Å². The number of hydrogen-bond acceptors (Lipinski definition) is 2. The Labute approximate surface area is 162 Å². The zero-order valence-corrected chi connectivity index (χ0v) is 16.6. The summed E-state index contributed by atoms with van der Waals surface area (Å²) in [5.74, 6) is 0.924. The zero-order chi connectivity index (χ0) is 18.5. The lowest BCUT2D eigenvalue weighted by Gasteiger charge is -2.26. The van der Waals surface area contributed by atoms with Gasteiger partial charge in [0.05, 0.1) is 0 Å². The highest BCUT2D eigenvalue weighted by molar-refractivity contribution is 9.10. The molecular formula is C20H23BrN4O. The van der Waals surface area contributed by atoms with Crippen LogP contribution in [-0.2, 0) is 11.3 Å². The number of hydrogen-bond donors (Lipinski definition) is 3. The maximum absolute atomic E-state index is 11.9. The average molecular weight is 415 g/mol. The fourth-order valence-electron chi connectivity index (χ4n) is 3.16. The number of rotatable bonds is 4. The van der Waals surface area contributed by atoms with Crippen molar-refractivity contribution in [1.29, 1.82) is 0 Å². The van der Waals surface area contributed by atoms with E-state index in [1.807, 2.05) is 24.3 Å². The second-order valence-corrected chi connectivity index (χ2v) is 7.33. The number of aryl methyl sites for hydroxylation is 1. The fraction of sp³-hybridized carbons (Fsp3) is 0.300. The van der Waals surface area contributed by atoms with Crippen LogP contribution in [0.1, 0.15) is 29.0 Å². The van der Waals surface area contributed by atoms with E-state index in [2.05, 4.69) is 62.0 Å². The first-order valence-corrected chi connectivity index (χ1v) is 9.44. The van der Waals surface area contributed by atoms with Gasteiger partial charge < -0.3 is 16.0 Å². The maximum Gasteiger partial charge on any atom is 0.225 e. The molecule has 0 bridgehead atoms. The first-order valence-electron chi connectivity index (χ1n) is 8.65. The normalized spacial score (nSPS) is 16.7. The smallest absolute Gasteiger partial charge is 0.225 e. The van der Waals surface area contributed by atoms with Crippen molar-refractivity contribution in [3.8, 4) is 0 Å². The molecule has 0 saturated heterocycles. The van der Waals surface area contributed by atoms with Crippen LogP contribution in [0.25, 0.3) is 0 Å². The van der Waals surface area contributed by atoms with Crippen LogP contribution in [-0.4, -0.2) is 25.5 Å². The Morgan fingerprint density at radius 1 is 1.27 bits per heavy atom. The molecule has 0 saturated carbocycles. The number of para-hydroxylation sites is 1. The quantitative estimate of drug-likeness (QED) is 0.529. The molecule has 0 radical (unpaired) electrons. The summed E-state index contributed by atoms with van der Waals surface area (Å²) in [7, 11) is 1.76. The summed E-state index contributed by atoms with van der Waals surface area (Å²) in [6.07, 6.45) is 0.479. The van der Waals surface area contributed by atoms with Gasteiger partial charge in [0.2, 0.25) is 5.91 Å². The maximum atomic E-state index is 11.9. The van der Waals surface area contributed by atoms with E-state index in [1.165, 1.54) is 16.7 Å². The summed E-state index contributed by atoms with van der Waals surface area (Å²) in [6, 6.07) is 14.2. The number of benzene rings is 2. The monoisotopic (exact) mass is 414 g/mol. The molecule has 136 valence electrons. The first kappa shape index (κ1) is 18.5. The number of halogens is 1. The second-order valence-electron chi connectivity index (χ2n) is 6.41. The molecule has 0 fully saturated rings. The highest BCUT2D eigenvalue weighted by Gasteiger charge is 2.24. The summed E-state index contributed by atoms with van der Waals surface area (Å²) < 4.78 is 1.08. The van der Waals surface area contributed by atoms with Gasteiger partial charge in [0, 0.05) is 42.6 Å². The number of nitrogens with zero attached hydrogens (tertiary/aromatic N) is 1. The molecule has 3 rings (SSSR count). The molecule has 1 atom stereocenters. The minimum Gasteiger partial charge on any atom is -0.356 e. The third-order valence-corrected chi connectivity index (χ3v) is 5.09. The van der Waals surface area contributed by atoms with E-state index < -0.39 is 0 Å². The lowest BCUT2D eigenvalue weighted by molar-refractivity contribution is -0.116. The van der Waals surface area contributed by atoms with Crippen molar-refractivity contribution in [1.82, 2.24) is 10.6 Å². The van der Waals surface area contributed by atoms with Gasteiger partial charge >= 0.3 is 0 Å². The van der Waals surface area contributed by atoms with Gasteiger partial charge in [0.15, 0.2) is 5.96 Å². The van der Waals surface area contributed by atoms with Crippen LogP contribution in [0.5, 0.6) is 0 Å². The molecule has 2 aromatic carbocycles. The number of aliphatic imine (C=N–C) groups is 1. The Kier molecular flexibility index (Phi) is 5.93. The van der Waals surface area contributed by atoms with Crippen molar-refractivity contribution in [3.63, 3.8) is 0 Å². The van der Waals surface area contributed by atoms with Gasteiger partial charge in [-0.15, -0.1) is 0 Å². The van der Waals surface area contributed by atoms with Gasteiger partial charge in [-0.05, 0) is 41.8 Å². The number of carbonyl (C=O) groups excluding carboxylic acids is 1. The molecule has 2 aromatic rings. The Hall–Kier alpha value is -2.34. The lowest BCUT2D eigenvalue weighted by Crippen LogP contribution is -2.40. The van der Waals surface area contributed by atoms with E-state index in [4.69, 9.17) is 0 Å². The standard InChI is InChI=1S/C20H23BrN4O/c1-13-9-16(21)8-7-14(13)11-23-20(22-2)24-12-15-10-19(26)25-18-6-4-3-5-17(15)18/h3-9,15H,10-12H2,1-2H3,(H,25,26)(H2,22,23,24). The van der Waals surface area contributed by atoms with E-state index in [0.717, 1.165) is 16.1 Å².